The van der Waals surface area contributed by atoms with E-state index in [0.29, 0.717) is 5.71 Å². The highest BCUT2D eigenvalue weighted by molar-refractivity contribution is 6.00. The summed E-state index contributed by atoms with van der Waals surface area (Å²) in [6.07, 6.45) is 1.77. The van der Waals surface area contributed by atoms with Gasteiger partial charge in [0.15, 0.2) is 0 Å². The van der Waals surface area contributed by atoms with E-state index in [9.17, 15) is 0 Å². The number of likely N-dealkylation sites (N-methyl/N-ethyl adjacent to an activating group) is 2. The van der Waals surface area contributed by atoms with Gasteiger partial charge in [0.25, 0.3) is 0 Å². The van der Waals surface area contributed by atoms with Crippen LogP contribution >= 0.6 is 0 Å². The molecule has 2 heterocycles. The molecular weight excluding hydrogens is 394 g/mol. The molecular formula is C28H33N3O. The third kappa shape index (κ3) is 5.34. The molecule has 0 fully saturated rings. The minimum Gasteiger partial charge on any atom is -0.437 e. The second-order valence-electron chi connectivity index (χ2n) is 7.55. The Hall–Kier alpha value is -3.21. The highest BCUT2D eigenvalue weighted by Crippen LogP contribution is 2.40. The third-order valence-corrected chi connectivity index (χ3v) is 5.27. The maximum atomic E-state index is 6.25. The van der Waals surface area contributed by atoms with E-state index in [1.807, 2.05) is 45.2 Å². The number of hydrogen-bond donors (Lipinski definition) is 1. The quantitative estimate of drug-likeness (QED) is 0.356. The summed E-state index contributed by atoms with van der Waals surface area (Å²) in [4.78, 5) is 6.71. The molecule has 0 saturated carbocycles. The molecule has 4 aromatic rings. The van der Waals surface area contributed by atoms with E-state index < -0.39 is 0 Å². The molecule has 1 N–H and O–H groups in total. The van der Waals surface area contributed by atoms with Crippen LogP contribution in [0.25, 0.3) is 39.1 Å². The van der Waals surface area contributed by atoms with E-state index in [2.05, 4.69) is 71.3 Å². The first kappa shape index (κ1) is 23.5. The fourth-order valence-corrected chi connectivity index (χ4v) is 3.71. The summed E-state index contributed by atoms with van der Waals surface area (Å²) in [6.45, 7) is 11.1. The van der Waals surface area contributed by atoms with Crippen LogP contribution in [0.5, 0.6) is 0 Å². The highest BCUT2D eigenvalue weighted by atomic mass is 16.3. The highest BCUT2D eigenvalue weighted by Gasteiger charge is 2.18. The van der Waals surface area contributed by atoms with E-state index in [1.54, 1.807) is 6.20 Å². The van der Waals surface area contributed by atoms with Gasteiger partial charge in [0, 0.05) is 42.3 Å². The van der Waals surface area contributed by atoms with Crippen molar-refractivity contribution >= 4 is 16.7 Å². The average Bonchev–Trinajstić information content (AvgIpc) is 3.24. The SMILES string of the molecule is C=C(CN(C)CCNC)c1cccc(-c2oc3ncccc3c2-c2ccccc2)c1.CC. The second-order valence-corrected chi connectivity index (χ2v) is 7.55. The van der Waals surface area contributed by atoms with Gasteiger partial charge in [-0.1, -0.05) is 69.0 Å². The molecule has 4 nitrogen and oxygen atoms in total. The van der Waals surface area contributed by atoms with Gasteiger partial charge in [0.05, 0.1) is 0 Å². The van der Waals surface area contributed by atoms with Crippen molar-refractivity contribution in [1.82, 2.24) is 15.2 Å². The van der Waals surface area contributed by atoms with Crippen LogP contribution in [0.15, 0.2) is 83.9 Å². The van der Waals surface area contributed by atoms with Crippen molar-refractivity contribution in [2.75, 3.05) is 33.7 Å². The predicted molar refractivity (Wildman–Crippen MR) is 137 cm³/mol. The van der Waals surface area contributed by atoms with Gasteiger partial charge >= 0.3 is 0 Å². The van der Waals surface area contributed by atoms with Gasteiger partial charge in [-0.15, -0.1) is 0 Å². The van der Waals surface area contributed by atoms with Crippen molar-refractivity contribution in [3.05, 3.63) is 85.1 Å². The van der Waals surface area contributed by atoms with E-state index >= 15 is 0 Å². The number of hydrogen-bond acceptors (Lipinski definition) is 4. The van der Waals surface area contributed by atoms with E-state index in [4.69, 9.17) is 4.42 Å². The zero-order valence-corrected chi connectivity index (χ0v) is 19.6. The van der Waals surface area contributed by atoms with E-state index in [-0.39, 0.29) is 0 Å². The summed E-state index contributed by atoms with van der Waals surface area (Å²) in [6, 6.07) is 22.8. The largest absolute Gasteiger partial charge is 0.437 e. The first-order chi connectivity index (χ1) is 15.7. The summed E-state index contributed by atoms with van der Waals surface area (Å²) in [5.74, 6) is 0.841. The average molecular weight is 428 g/mol. The lowest BCUT2D eigenvalue weighted by molar-refractivity contribution is 0.376. The monoisotopic (exact) mass is 427 g/mol. The fraction of sp³-hybridized carbons (Fsp3) is 0.250. The molecule has 0 unspecified atom stereocenters. The number of pyridine rings is 1. The van der Waals surface area contributed by atoms with Gasteiger partial charge in [-0.25, -0.2) is 4.98 Å². The maximum absolute atomic E-state index is 6.25. The van der Waals surface area contributed by atoms with Crippen molar-refractivity contribution < 1.29 is 4.42 Å². The molecule has 0 amide bonds. The summed E-state index contributed by atoms with van der Waals surface area (Å²) >= 11 is 0. The van der Waals surface area contributed by atoms with Crippen LogP contribution in [0.4, 0.5) is 0 Å². The normalized spacial score (nSPS) is 10.8. The van der Waals surface area contributed by atoms with Crippen LogP contribution in [-0.2, 0) is 0 Å². The smallest absolute Gasteiger partial charge is 0.227 e. The molecule has 2 aromatic heterocycles. The Morgan fingerprint density at radius 3 is 2.50 bits per heavy atom. The Balaban J connectivity index is 0.00000141. The van der Waals surface area contributed by atoms with Crippen LogP contribution in [0.2, 0.25) is 0 Å². The van der Waals surface area contributed by atoms with Crippen LogP contribution in [0.3, 0.4) is 0 Å². The molecule has 4 rings (SSSR count). The molecule has 166 valence electrons. The molecule has 0 aliphatic rings. The van der Waals surface area contributed by atoms with Gasteiger partial charge in [-0.3, -0.25) is 0 Å². The lowest BCUT2D eigenvalue weighted by Crippen LogP contribution is -2.28. The molecule has 4 heteroatoms. The van der Waals surface area contributed by atoms with Gasteiger partial charge in [-0.2, -0.15) is 0 Å². The number of benzene rings is 2. The molecule has 32 heavy (non-hydrogen) atoms. The topological polar surface area (TPSA) is 41.3 Å². The summed E-state index contributed by atoms with van der Waals surface area (Å²) < 4.78 is 6.25. The lowest BCUT2D eigenvalue weighted by atomic mass is 9.97. The molecule has 0 spiro atoms. The summed E-state index contributed by atoms with van der Waals surface area (Å²) in [5, 5.41) is 4.21. The van der Waals surface area contributed by atoms with Crippen LogP contribution in [0.1, 0.15) is 19.4 Å². The van der Waals surface area contributed by atoms with Crippen LogP contribution in [0, 0.1) is 0 Å². The molecule has 0 radical (unpaired) electrons. The number of aromatic nitrogens is 1. The van der Waals surface area contributed by atoms with Gasteiger partial charge in [0.2, 0.25) is 5.71 Å². The molecule has 0 atom stereocenters. The minimum absolute atomic E-state index is 0.655. The Morgan fingerprint density at radius 1 is 1.00 bits per heavy atom. The van der Waals surface area contributed by atoms with Gasteiger partial charge in [-0.05, 0) is 49.0 Å². The van der Waals surface area contributed by atoms with Crippen LogP contribution in [-0.4, -0.2) is 43.6 Å². The van der Waals surface area contributed by atoms with Crippen molar-refractivity contribution in [2.24, 2.45) is 0 Å². The second kappa shape index (κ2) is 11.4. The number of rotatable bonds is 8. The molecule has 0 bridgehead atoms. The Labute approximate surface area is 191 Å². The van der Waals surface area contributed by atoms with Gasteiger partial charge in [0.1, 0.15) is 5.76 Å². The predicted octanol–water partition coefficient (Wildman–Crippen LogP) is 6.35. The van der Waals surface area contributed by atoms with E-state index in [0.717, 1.165) is 58.6 Å². The minimum atomic E-state index is 0.655. The Bertz CT molecular complexity index is 1150. The first-order valence-corrected chi connectivity index (χ1v) is 11.2. The summed E-state index contributed by atoms with van der Waals surface area (Å²) in [5.41, 5.74) is 6.09. The Kier molecular flexibility index (Phi) is 8.37. The Morgan fingerprint density at radius 2 is 1.75 bits per heavy atom. The van der Waals surface area contributed by atoms with E-state index in [1.165, 1.54) is 0 Å². The summed E-state index contributed by atoms with van der Waals surface area (Å²) in [7, 11) is 4.09. The number of fused-ring (bicyclic) bond motifs is 1. The zero-order valence-electron chi connectivity index (χ0n) is 19.6. The van der Waals surface area contributed by atoms with Crippen molar-refractivity contribution in [1.29, 1.82) is 0 Å². The molecule has 2 aromatic carbocycles. The first-order valence-electron chi connectivity index (χ1n) is 11.2. The third-order valence-electron chi connectivity index (χ3n) is 5.27. The molecule has 0 aliphatic heterocycles. The van der Waals surface area contributed by atoms with Crippen molar-refractivity contribution in [3.8, 4) is 22.5 Å². The van der Waals surface area contributed by atoms with Crippen LogP contribution < -0.4 is 5.32 Å². The lowest BCUT2D eigenvalue weighted by Gasteiger charge is -2.18. The molecule has 0 saturated heterocycles. The zero-order chi connectivity index (χ0) is 22.9. The fourth-order valence-electron chi connectivity index (χ4n) is 3.71. The number of furan rings is 1. The standard InChI is InChI=1S/C26H27N3O.C2H6/c1-19(18-29(3)16-15-27-2)21-11-7-12-22(17-21)25-24(20-9-5-4-6-10-20)23-13-8-14-28-26(23)30-25;1-2/h4-14,17,27H,1,15-16,18H2,2-3H3;1-2H3. The maximum Gasteiger partial charge on any atom is 0.227 e. The van der Waals surface area contributed by atoms with Crippen molar-refractivity contribution in [2.45, 2.75) is 13.8 Å². The number of nitrogens with zero attached hydrogens (tertiary/aromatic N) is 2. The van der Waals surface area contributed by atoms with Crippen molar-refractivity contribution in [3.63, 3.8) is 0 Å². The molecule has 0 aliphatic carbocycles. The van der Waals surface area contributed by atoms with Gasteiger partial charge < -0.3 is 14.6 Å². The number of nitrogens with one attached hydrogen (secondary N) is 1.